The number of aromatic nitrogens is 2. The molecule has 0 aliphatic heterocycles. The molecule has 0 amide bonds. The van der Waals surface area contributed by atoms with Crippen LogP contribution in [0.3, 0.4) is 0 Å². The molecule has 0 saturated carbocycles. The molecular formula is C12H24N6. The van der Waals surface area contributed by atoms with E-state index in [2.05, 4.69) is 39.6 Å². The molecule has 1 aromatic rings. The van der Waals surface area contributed by atoms with Crippen LogP contribution in [0.4, 0.5) is 0 Å². The van der Waals surface area contributed by atoms with Crippen molar-refractivity contribution in [3.63, 3.8) is 0 Å². The monoisotopic (exact) mass is 252 g/mol. The first kappa shape index (κ1) is 14.5. The molecular weight excluding hydrogens is 228 g/mol. The number of aliphatic imine (C=N–C) groups is 1. The summed E-state index contributed by atoms with van der Waals surface area (Å²) in [4.78, 5) is 6.44. The largest absolute Gasteiger partial charge is 0.355 e. The maximum absolute atomic E-state index is 4.19. The highest BCUT2D eigenvalue weighted by Crippen LogP contribution is 1.94. The molecule has 0 aromatic carbocycles. The zero-order valence-corrected chi connectivity index (χ0v) is 11.8. The van der Waals surface area contributed by atoms with Gasteiger partial charge in [0.25, 0.3) is 0 Å². The van der Waals surface area contributed by atoms with Crippen molar-refractivity contribution >= 4 is 5.96 Å². The van der Waals surface area contributed by atoms with Gasteiger partial charge in [0.2, 0.25) is 0 Å². The van der Waals surface area contributed by atoms with Gasteiger partial charge < -0.3 is 15.5 Å². The minimum atomic E-state index is 0.722. The highest BCUT2D eigenvalue weighted by atomic mass is 15.3. The van der Waals surface area contributed by atoms with Crippen molar-refractivity contribution in [2.75, 3.05) is 33.7 Å². The normalized spacial score (nSPS) is 11.9. The predicted molar refractivity (Wildman–Crippen MR) is 74.6 cm³/mol. The molecule has 1 rings (SSSR count). The van der Waals surface area contributed by atoms with Gasteiger partial charge in [-0.25, -0.2) is 0 Å². The molecule has 0 bridgehead atoms. The molecule has 0 aliphatic carbocycles. The lowest BCUT2D eigenvalue weighted by molar-refractivity contribution is 0.357. The molecule has 102 valence electrons. The molecule has 0 aliphatic rings. The fourth-order valence-electron chi connectivity index (χ4n) is 1.49. The van der Waals surface area contributed by atoms with E-state index in [1.807, 2.05) is 17.8 Å². The van der Waals surface area contributed by atoms with Crippen molar-refractivity contribution in [1.29, 1.82) is 0 Å². The number of nitrogens with one attached hydrogen (secondary N) is 2. The highest BCUT2D eigenvalue weighted by Gasteiger charge is 2.01. The minimum Gasteiger partial charge on any atom is -0.355 e. The van der Waals surface area contributed by atoms with E-state index in [-0.39, 0.29) is 0 Å². The molecule has 0 atom stereocenters. The molecule has 0 saturated heterocycles. The predicted octanol–water partition coefficient (Wildman–Crippen LogP) is 0.0368. The van der Waals surface area contributed by atoms with E-state index < -0.39 is 0 Å². The van der Waals surface area contributed by atoms with E-state index in [4.69, 9.17) is 0 Å². The van der Waals surface area contributed by atoms with Gasteiger partial charge >= 0.3 is 0 Å². The Hall–Kier alpha value is -1.56. The van der Waals surface area contributed by atoms with Crippen molar-refractivity contribution < 1.29 is 0 Å². The third-order valence-corrected chi connectivity index (χ3v) is 2.91. The Kier molecular flexibility index (Phi) is 6.21. The summed E-state index contributed by atoms with van der Waals surface area (Å²) in [7, 11) is 5.82. The van der Waals surface area contributed by atoms with Crippen LogP contribution in [-0.2, 0) is 13.6 Å². The van der Waals surface area contributed by atoms with Crippen LogP contribution in [0.1, 0.15) is 12.6 Å². The maximum atomic E-state index is 4.19. The second-order valence-corrected chi connectivity index (χ2v) is 4.19. The lowest BCUT2D eigenvalue weighted by Gasteiger charge is -2.16. The topological polar surface area (TPSA) is 57.5 Å². The summed E-state index contributed by atoms with van der Waals surface area (Å²) in [6.45, 7) is 5.82. The minimum absolute atomic E-state index is 0.722. The van der Waals surface area contributed by atoms with Gasteiger partial charge in [-0.3, -0.25) is 9.67 Å². The van der Waals surface area contributed by atoms with Gasteiger partial charge in [0.05, 0.1) is 12.2 Å². The first-order chi connectivity index (χ1) is 8.67. The van der Waals surface area contributed by atoms with Crippen LogP contribution < -0.4 is 10.6 Å². The molecule has 6 nitrogen and oxygen atoms in total. The first-order valence-electron chi connectivity index (χ1n) is 6.27. The van der Waals surface area contributed by atoms with Crippen LogP contribution in [0.5, 0.6) is 0 Å². The van der Waals surface area contributed by atoms with Crippen LogP contribution in [0.2, 0.25) is 0 Å². The highest BCUT2D eigenvalue weighted by molar-refractivity contribution is 5.79. The van der Waals surface area contributed by atoms with E-state index in [1.54, 1.807) is 13.2 Å². The number of guanidine groups is 1. The van der Waals surface area contributed by atoms with Gasteiger partial charge in [-0.1, -0.05) is 6.92 Å². The quantitative estimate of drug-likeness (QED) is 0.554. The van der Waals surface area contributed by atoms with Crippen LogP contribution in [0.25, 0.3) is 0 Å². The van der Waals surface area contributed by atoms with Crippen molar-refractivity contribution in [1.82, 2.24) is 25.3 Å². The van der Waals surface area contributed by atoms with Crippen molar-refractivity contribution in [2.45, 2.75) is 13.5 Å². The second-order valence-electron chi connectivity index (χ2n) is 4.19. The molecule has 6 heteroatoms. The number of hydrogen-bond acceptors (Lipinski definition) is 3. The Morgan fingerprint density at radius 3 is 2.83 bits per heavy atom. The lowest BCUT2D eigenvalue weighted by atomic mass is 10.4. The maximum Gasteiger partial charge on any atom is 0.191 e. The Morgan fingerprint density at radius 2 is 2.28 bits per heavy atom. The average Bonchev–Trinajstić information content (AvgIpc) is 2.78. The summed E-state index contributed by atoms with van der Waals surface area (Å²) < 4.78 is 1.85. The van der Waals surface area contributed by atoms with Gasteiger partial charge in [0.15, 0.2) is 5.96 Å². The van der Waals surface area contributed by atoms with E-state index >= 15 is 0 Å². The third-order valence-electron chi connectivity index (χ3n) is 2.91. The average molecular weight is 252 g/mol. The number of likely N-dealkylation sites (N-methyl/N-ethyl adjacent to an activating group) is 1. The third kappa shape index (κ3) is 4.75. The fraction of sp³-hybridized carbons (Fsp3) is 0.667. The number of rotatable bonds is 6. The Morgan fingerprint density at radius 1 is 1.50 bits per heavy atom. The molecule has 1 aromatic heterocycles. The van der Waals surface area contributed by atoms with Crippen molar-refractivity contribution in [3.8, 4) is 0 Å². The summed E-state index contributed by atoms with van der Waals surface area (Å²) in [5.74, 6) is 0.820. The zero-order chi connectivity index (χ0) is 13.4. The molecule has 2 N–H and O–H groups in total. The fourth-order valence-corrected chi connectivity index (χ4v) is 1.49. The van der Waals surface area contributed by atoms with Gasteiger partial charge in [0.1, 0.15) is 0 Å². The second kappa shape index (κ2) is 7.71. The number of aryl methyl sites for hydroxylation is 1. The molecule has 0 unspecified atom stereocenters. The van der Waals surface area contributed by atoms with E-state index in [1.165, 1.54) is 0 Å². The van der Waals surface area contributed by atoms with Gasteiger partial charge in [-0.15, -0.1) is 0 Å². The summed E-state index contributed by atoms with van der Waals surface area (Å²) in [6.07, 6.45) is 1.80. The zero-order valence-electron chi connectivity index (χ0n) is 11.8. The summed E-state index contributed by atoms with van der Waals surface area (Å²) in [6, 6.07) is 1.99. The Balaban J connectivity index is 2.28. The molecule has 0 radical (unpaired) electrons. The molecule has 0 fully saturated rings. The van der Waals surface area contributed by atoms with Gasteiger partial charge in [0, 0.05) is 33.4 Å². The number of nitrogens with zero attached hydrogens (tertiary/aromatic N) is 4. The molecule has 1 heterocycles. The summed E-state index contributed by atoms with van der Waals surface area (Å²) in [5.41, 5.74) is 1.13. The van der Waals surface area contributed by atoms with E-state index in [9.17, 15) is 0 Å². The lowest BCUT2D eigenvalue weighted by Crippen LogP contribution is -2.40. The van der Waals surface area contributed by atoms with Gasteiger partial charge in [-0.2, -0.15) is 5.10 Å². The Labute approximate surface area is 109 Å². The number of hydrogen-bond donors (Lipinski definition) is 2. The molecule has 18 heavy (non-hydrogen) atoms. The standard InChI is InChI=1S/C12H24N6/c1-5-17(3)9-8-14-12(13-2)15-10-11-6-7-16-18(11)4/h6-7H,5,8-10H2,1-4H3,(H2,13,14,15). The SMILES string of the molecule is CCN(C)CCNC(=NC)NCc1ccnn1C. The van der Waals surface area contributed by atoms with Crippen molar-refractivity contribution in [2.24, 2.45) is 12.0 Å². The Bertz CT molecular complexity index is 370. The molecule has 0 spiro atoms. The van der Waals surface area contributed by atoms with Crippen molar-refractivity contribution in [3.05, 3.63) is 18.0 Å². The van der Waals surface area contributed by atoms with Crippen LogP contribution in [-0.4, -0.2) is 54.4 Å². The van der Waals surface area contributed by atoms with Crippen LogP contribution in [0, 0.1) is 0 Å². The summed E-state index contributed by atoms with van der Waals surface area (Å²) >= 11 is 0. The van der Waals surface area contributed by atoms with E-state index in [0.29, 0.717) is 0 Å². The van der Waals surface area contributed by atoms with E-state index in [0.717, 1.165) is 37.8 Å². The smallest absolute Gasteiger partial charge is 0.191 e. The van der Waals surface area contributed by atoms with Gasteiger partial charge in [-0.05, 0) is 19.7 Å². The first-order valence-corrected chi connectivity index (χ1v) is 6.27. The van der Waals surface area contributed by atoms with Crippen LogP contribution >= 0.6 is 0 Å². The van der Waals surface area contributed by atoms with Crippen LogP contribution in [0.15, 0.2) is 17.3 Å². The summed E-state index contributed by atoms with van der Waals surface area (Å²) in [5, 5.41) is 10.7.